The summed E-state index contributed by atoms with van der Waals surface area (Å²) in [6, 6.07) is 6.52. The van der Waals surface area contributed by atoms with Gasteiger partial charge in [0, 0.05) is 31.5 Å². The number of carbonyl (C=O) groups excluding carboxylic acids is 1. The number of amides is 1. The van der Waals surface area contributed by atoms with E-state index in [1.54, 1.807) is 43.2 Å². The van der Waals surface area contributed by atoms with E-state index in [9.17, 15) is 13.2 Å². The molecular formula is C17H26N2O5S. The first kappa shape index (κ1) is 19.7. The number of ether oxygens (including phenoxy) is 2. The normalized spacial score (nSPS) is 16.0. The lowest BCUT2D eigenvalue weighted by molar-refractivity contribution is -0.0122. The molecule has 25 heavy (non-hydrogen) atoms. The van der Waals surface area contributed by atoms with Crippen LogP contribution in [0.25, 0.3) is 0 Å². The molecule has 0 aliphatic carbocycles. The number of sulfonamides is 1. The second-order valence-corrected chi connectivity index (χ2v) is 7.95. The number of piperidine rings is 1. The lowest BCUT2D eigenvalue weighted by Gasteiger charge is -2.32. The molecule has 1 aliphatic rings. The first-order valence-electron chi connectivity index (χ1n) is 8.45. The standard InChI is InChI=1S/C17H26N2O5S/c1-3-25(21,22)18-15-6-4-14(5-7-15)17(20)19-10-8-16(9-11-19)24-13-12-23-2/h4-7,16,18H,3,8-13H2,1-2H3. The Hall–Kier alpha value is -1.64. The van der Waals surface area contributed by atoms with Crippen molar-refractivity contribution in [2.45, 2.75) is 25.9 Å². The largest absolute Gasteiger partial charge is 0.382 e. The molecule has 140 valence electrons. The van der Waals surface area contributed by atoms with Crippen LogP contribution in [0.1, 0.15) is 30.1 Å². The molecule has 8 heteroatoms. The maximum absolute atomic E-state index is 12.5. The van der Waals surface area contributed by atoms with Gasteiger partial charge in [-0.2, -0.15) is 0 Å². The van der Waals surface area contributed by atoms with Gasteiger partial charge in [0.1, 0.15) is 0 Å². The zero-order chi connectivity index (χ0) is 18.3. The van der Waals surface area contributed by atoms with Gasteiger partial charge in [0.15, 0.2) is 0 Å². The molecule has 1 fully saturated rings. The molecule has 1 aromatic rings. The van der Waals surface area contributed by atoms with Crippen LogP contribution in [0.5, 0.6) is 0 Å². The van der Waals surface area contributed by atoms with Crippen molar-refractivity contribution in [3.8, 4) is 0 Å². The van der Waals surface area contributed by atoms with Gasteiger partial charge < -0.3 is 14.4 Å². The fraction of sp³-hybridized carbons (Fsp3) is 0.588. The molecule has 1 amide bonds. The van der Waals surface area contributed by atoms with E-state index in [1.807, 2.05) is 0 Å². The van der Waals surface area contributed by atoms with Crippen LogP contribution in [0.2, 0.25) is 0 Å². The molecule has 1 N–H and O–H groups in total. The topological polar surface area (TPSA) is 84.9 Å². The average molecular weight is 370 g/mol. The van der Waals surface area contributed by atoms with E-state index in [1.165, 1.54) is 0 Å². The number of nitrogens with zero attached hydrogens (tertiary/aromatic N) is 1. The van der Waals surface area contributed by atoms with Crippen molar-refractivity contribution in [1.82, 2.24) is 4.90 Å². The van der Waals surface area contributed by atoms with Crippen LogP contribution in [0.15, 0.2) is 24.3 Å². The van der Waals surface area contributed by atoms with Gasteiger partial charge in [0.05, 0.1) is 25.1 Å². The third kappa shape index (κ3) is 5.98. The molecule has 0 saturated carbocycles. The molecule has 2 rings (SSSR count). The second-order valence-electron chi connectivity index (χ2n) is 5.94. The van der Waals surface area contributed by atoms with Crippen LogP contribution in [-0.4, -0.2) is 64.5 Å². The maximum atomic E-state index is 12.5. The van der Waals surface area contributed by atoms with Gasteiger partial charge in [0.25, 0.3) is 5.91 Å². The first-order chi connectivity index (χ1) is 11.9. The quantitative estimate of drug-likeness (QED) is 0.704. The maximum Gasteiger partial charge on any atom is 0.253 e. The molecule has 1 aliphatic heterocycles. The van der Waals surface area contributed by atoms with Crippen molar-refractivity contribution in [3.63, 3.8) is 0 Å². The molecule has 0 bridgehead atoms. The Balaban J connectivity index is 1.87. The highest BCUT2D eigenvalue weighted by atomic mass is 32.2. The Labute approximate surface area is 149 Å². The molecule has 1 aromatic carbocycles. The lowest BCUT2D eigenvalue weighted by Crippen LogP contribution is -2.41. The van der Waals surface area contributed by atoms with Crippen molar-refractivity contribution in [2.24, 2.45) is 0 Å². The molecule has 0 unspecified atom stereocenters. The van der Waals surface area contributed by atoms with Gasteiger partial charge in [0.2, 0.25) is 10.0 Å². The van der Waals surface area contributed by atoms with Crippen molar-refractivity contribution < 1.29 is 22.7 Å². The summed E-state index contributed by atoms with van der Waals surface area (Å²) in [6.45, 7) is 4.03. The predicted octanol–water partition coefficient (Wildman–Crippen LogP) is 1.72. The Kier molecular flexibility index (Phi) is 7.22. The van der Waals surface area contributed by atoms with Gasteiger partial charge in [-0.25, -0.2) is 8.42 Å². The summed E-state index contributed by atoms with van der Waals surface area (Å²) in [5.41, 5.74) is 1.02. The summed E-state index contributed by atoms with van der Waals surface area (Å²) >= 11 is 0. The molecular weight excluding hydrogens is 344 g/mol. The Morgan fingerprint density at radius 3 is 2.40 bits per heavy atom. The minimum atomic E-state index is -3.31. The summed E-state index contributed by atoms with van der Waals surface area (Å²) in [7, 11) is -1.67. The third-order valence-corrected chi connectivity index (χ3v) is 5.46. The molecule has 0 atom stereocenters. The van der Waals surface area contributed by atoms with E-state index in [-0.39, 0.29) is 17.8 Å². The SMILES string of the molecule is CCS(=O)(=O)Nc1ccc(C(=O)N2CCC(OCCOC)CC2)cc1. The summed E-state index contributed by atoms with van der Waals surface area (Å²) in [5.74, 6) is -0.0324. The van der Waals surface area contributed by atoms with Crippen LogP contribution < -0.4 is 4.72 Å². The van der Waals surface area contributed by atoms with Gasteiger partial charge in [-0.1, -0.05) is 0 Å². The number of likely N-dealkylation sites (tertiary alicyclic amines) is 1. The minimum absolute atomic E-state index is 0.00901. The Morgan fingerprint density at radius 2 is 1.84 bits per heavy atom. The first-order valence-corrected chi connectivity index (χ1v) is 10.1. The van der Waals surface area contributed by atoms with E-state index in [2.05, 4.69) is 4.72 Å². The van der Waals surface area contributed by atoms with Crippen LogP contribution in [0.3, 0.4) is 0 Å². The average Bonchev–Trinajstić information content (AvgIpc) is 2.62. The van der Waals surface area contributed by atoms with E-state index < -0.39 is 10.0 Å². The fourth-order valence-electron chi connectivity index (χ4n) is 2.64. The zero-order valence-corrected chi connectivity index (χ0v) is 15.5. The Bertz CT molecular complexity index is 652. The summed E-state index contributed by atoms with van der Waals surface area (Å²) < 4.78 is 36.2. The number of methoxy groups -OCH3 is 1. The highest BCUT2D eigenvalue weighted by molar-refractivity contribution is 7.92. The van der Waals surface area contributed by atoms with Gasteiger partial charge in [-0.3, -0.25) is 9.52 Å². The number of anilines is 1. The van der Waals surface area contributed by atoms with Gasteiger partial charge >= 0.3 is 0 Å². The number of nitrogens with one attached hydrogen (secondary N) is 1. The van der Waals surface area contributed by atoms with Crippen molar-refractivity contribution >= 4 is 21.6 Å². The van der Waals surface area contributed by atoms with Crippen molar-refractivity contribution in [2.75, 3.05) is 43.9 Å². The van der Waals surface area contributed by atoms with E-state index in [0.717, 1.165) is 12.8 Å². The number of carbonyl (C=O) groups is 1. The van der Waals surface area contributed by atoms with Crippen LogP contribution >= 0.6 is 0 Å². The summed E-state index contributed by atoms with van der Waals surface area (Å²) in [4.78, 5) is 14.4. The highest BCUT2D eigenvalue weighted by Gasteiger charge is 2.24. The van der Waals surface area contributed by atoms with Crippen LogP contribution in [0.4, 0.5) is 5.69 Å². The van der Waals surface area contributed by atoms with Crippen molar-refractivity contribution in [1.29, 1.82) is 0 Å². The van der Waals surface area contributed by atoms with Gasteiger partial charge in [-0.05, 0) is 44.0 Å². The van der Waals surface area contributed by atoms with E-state index in [4.69, 9.17) is 9.47 Å². The molecule has 7 nitrogen and oxygen atoms in total. The van der Waals surface area contributed by atoms with Crippen LogP contribution in [0, 0.1) is 0 Å². The predicted molar refractivity (Wildman–Crippen MR) is 96.3 cm³/mol. The highest BCUT2D eigenvalue weighted by Crippen LogP contribution is 2.18. The molecule has 1 heterocycles. The molecule has 0 radical (unpaired) electrons. The Morgan fingerprint density at radius 1 is 1.20 bits per heavy atom. The number of hydrogen-bond acceptors (Lipinski definition) is 5. The number of rotatable bonds is 8. The lowest BCUT2D eigenvalue weighted by atomic mass is 10.1. The second kappa shape index (κ2) is 9.17. The number of benzene rings is 1. The minimum Gasteiger partial charge on any atom is -0.382 e. The van der Waals surface area contributed by atoms with Crippen molar-refractivity contribution in [3.05, 3.63) is 29.8 Å². The summed E-state index contributed by atoms with van der Waals surface area (Å²) in [6.07, 6.45) is 1.79. The molecule has 0 aromatic heterocycles. The summed E-state index contributed by atoms with van der Waals surface area (Å²) in [5, 5.41) is 0. The third-order valence-electron chi connectivity index (χ3n) is 4.16. The molecule has 1 saturated heterocycles. The fourth-order valence-corrected chi connectivity index (χ4v) is 3.28. The van der Waals surface area contributed by atoms with E-state index in [0.29, 0.717) is 37.6 Å². The monoisotopic (exact) mass is 370 g/mol. The van der Waals surface area contributed by atoms with Gasteiger partial charge in [-0.15, -0.1) is 0 Å². The smallest absolute Gasteiger partial charge is 0.253 e. The van der Waals surface area contributed by atoms with Crippen LogP contribution in [-0.2, 0) is 19.5 Å². The number of hydrogen-bond donors (Lipinski definition) is 1. The zero-order valence-electron chi connectivity index (χ0n) is 14.7. The molecule has 0 spiro atoms. The van der Waals surface area contributed by atoms with E-state index >= 15 is 0 Å².